The Morgan fingerprint density at radius 3 is 1.93 bits per heavy atom. The fourth-order valence-electron chi connectivity index (χ4n) is 5.81. The van der Waals surface area contributed by atoms with Crippen LogP contribution in [-0.4, -0.2) is 19.6 Å². The molecule has 0 fully saturated rings. The molecular formula is C40H40N3OPt-. The van der Waals surface area contributed by atoms with Gasteiger partial charge in [0.15, 0.2) is 0 Å². The first-order chi connectivity index (χ1) is 20.8. The van der Waals surface area contributed by atoms with Crippen molar-refractivity contribution >= 4 is 11.0 Å². The van der Waals surface area contributed by atoms with Crippen molar-refractivity contribution in [2.24, 2.45) is 0 Å². The molecule has 0 saturated heterocycles. The summed E-state index contributed by atoms with van der Waals surface area (Å²) in [5, 5.41) is 11.1. The number of hydrogen-bond acceptors (Lipinski definition) is 3. The summed E-state index contributed by atoms with van der Waals surface area (Å²) in [5.41, 5.74) is 11.9. The van der Waals surface area contributed by atoms with E-state index in [4.69, 9.17) is 4.98 Å². The summed E-state index contributed by atoms with van der Waals surface area (Å²) < 4.78 is 2.20. The third-order valence-corrected chi connectivity index (χ3v) is 8.20. The van der Waals surface area contributed by atoms with E-state index in [2.05, 4.69) is 113 Å². The minimum absolute atomic E-state index is 0. The molecule has 2 heterocycles. The van der Waals surface area contributed by atoms with Crippen molar-refractivity contribution in [1.29, 1.82) is 0 Å². The molecule has 45 heavy (non-hydrogen) atoms. The van der Waals surface area contributed by atoms with Crippen LogP contribution in [0.1, 0.15) is 63.8 Å². The number of phenols is 1. The molecule has 2 aromatic heterocycles. The van der Waals surface area contributed by atoms with Gasteiger partial charge in [0.05, 0.1) is 16.6 Å². The Bertz CT molecular complexity index is 1990. The fraction of sp³-hybridized carbons (Fsp3) is 0.250. The Morgan fingerprint density at radius 2 is 1.31 bits per heavy atom. The van der Waals surface area contributed by atoms with Gasteiger partial charge >= 0.3 is 0 Å². The molecule has 4 aromatic carbocycles. The molecule has 0 radical (unpaired) electrons. The zero-order valence-electron chi connectivity index (χ0n) is 27.3. The number of rotatable bonds is 4. The summed E-state index contributed by atoms with van der Waals surface area (Å²) in [6.07, 6.45) is 1.83. The summed E-state index contributed by atoms with van der Waals surface area (Å²) in [7, 11) is 0. The summed E-state index contributed by atoms with van der Waals surface area (Å²) in [6, 6.07) is 32.7. The van der Waals surface area contributed by atoms with E-state index in [0.717, 1.165) is 39.1 Å². The van der Waals surface area contributed by atoms with Crippen molar-refractivity contribution < 1.29 is 26.2 Å². The number of pyridine rings is 1. The average molecular weight is 774 g/mol. The third-order valence-electron chi connectivity index (χ3n) is 8.20. The fourth-order valence-corrected chi connectivity index (χ4v) is 5.81. The van der Waals surface area contributed by atoms with Gasteiger partial charge in [-0.2, -0.15) is 0 Å². The van der Waals surface area contributed by atoms with Crippen molar-refractivity contribution in [3.63, 3.8) is 0 Å². The number of benzene rings is 4. The van der Waals surface area contributed by atoms with Gasteiger partial charge in [0.2, 0.25) is 0 Å². The third kappa shape index (κ3) is 6.40. The first-order valence-electron chi connectivity index (χ1n) is 15.2. The van der Waals surface area contributed by atoms with Crippen LogP contribution in [0.3, 0.4) is 0 Å². The van der Waals surface area contributed by atoms with Crippen molar-refractivity contribution in [1.82, 2.24) is 14.5 Å². The van der Waals surface area contributed by atoms with Crippen LogP contribution in [-0.2, 0) is 31.9 Å². The average Bonchev–Trinajstić information content (AvgIpc) is 3.35. The monoisotopic (exact) mass is 773 g/mol. The quantitative estimate of drug-likeness (QED) is 0.182. The predicted octanol–water partition coefficient (Wildman–Crippen LogP) is 10.1. The summed E-state index contributed by atoms with van der Waals surface area (Å²) >= 11 is 0. The number of aromatic nitrogens is 3. The Hall–Kier alpha value is -4.01. The minimum atomic E-state index is -0.124. The standard InChI is InChI=1S/C40H40N3O.Pt/c1-25-17-26(2)19-31(18-25)43-35-24-30(40(6,7)8)23-33(37(35)42-38(43)32-13-9-10-15-36(32)44)27-20-28(34-14-11-12-16-41-34)22-29(21-27)39(3,4)5;/h9-19,21-24,44H,1-8H3;/q-1;. The molecule has 0 aliphatic rings. The smallest absolute Gasteiger partial charge is 0.148 e. The molecule has 0 aliphatic carbocycles. The van der Waals surface area contributed by atoms with E-state index in [-0.39, 0.29) is 37.6 Å². The Morgan fingerprint density at radius 1 is 0.689 bits per heavy atom. The predicted molar refractivity (Wildman–Crippen MR) is 183 cm³/mol. The van der Waals surface area contributed by atoms with E-state index in [1.807, 2.05) is 42.6 Å². The number of para-hydroxylation sites is 1. The van der Waals surface area contributed by atoms with E-state index in [9.17, 15) is 5.11 Å². The van der Waals surface area contributed by atoms with Crippen LogP contribution in [0.25, 0.3) is 50.5 Å². The topological polar surface area (TPSA) is 50.9 Å². The zero-order valence-corrected chi connectivity index (χ0v) is 29.5. The molecule has 0 unspecified atom stereocenters. The van der Waals surface area contributed by atoms with Gasteiger partial charge < -0.3 is 5.11 Å². The van der Waals surface area contributed by atoms with Gasteiger partial charge in [-0.3, -0.25) is 9.55 Å². The Balaban J connectivity index is 0.00000400. The molecule has 0 bridgehead atoms. The molecule has 5 heteroatoms. The molecule has 0 amide bonds. The number of aryl methyl sites for hydroxylation is 2. The molecule has 6 aromatic rings. The van der Waals surface area contributed by atoms with Gasteiger partial charge in [-0.1, -0.05) is 89.1 Å². The second-order valence-corrected chi connectivity index (χ2v) is 13.9. The second kappa shape index (κ2) is 12.1. The molecule has 0 aliphatic heterocycles. The number of nitrogens with zero attached hydrogens (tertiary/aromatic N) is 3. The SMILES string of the molecule is Cc1cc(C)cc(-n2c(-c3ccccc3O)nc3c(-c4[c-]c(-c5ccccn5)cc(C(C)(C)C)c4)cc(C(C)(C)C)cc32)c1.[Pt]. The number of phenolic OH excluding ortho intramolecular Hbond substituents is 1. The van der Waals surface area contributed by atoms with E-state index >= 15 is 0 Å². The number of aromatic hydroxyl groups is 1. The molecule has 6 rings (SSSR count). The molecule has 4 nitrogen and oxygen atoms in total. The summed E-state index contributed by atoms with van der Waals surface area (Å²) in [6.45, 7) is 17.7. The maximum atomic E-state index is 11.1. The molecule has 0 saturated carbocycles. The Labute approximate surface area is 281 Å². The molecule has 1 N–H and O–H groups in total. The first kappa shape index (κ1) is 32.4. The van der Waals surface area contributed by atoms with Gasteiger partial charge in [-0.15, -0.1) is 29.3 Å². The zero-order chi connectivity index (χ0) is 31.4. The van der Waals surface area contributed by atoms with Crippen molar-refractivity contribution in [3.8, 4) is 45.2 Å². The number of fused-ring (bicyclic) bond motifs is 1. The van der Waals surface area contributed by atoms with Gasteiger partial charge in [-0.05, 0) is 77.8 Å². The van der Waals surface area contributed by atoms with Gasteiger partial charge in [-0.25, -0.2) is 4.98 Å². The van der Waals surface area contributed by atoms with Crippen LogP contribution in [0.15, 0.2) is 91.1 Å². The summed E-state index contributed by atoms with van der Waals surface area (Å²) in [4.78, 5) is 10.0. The van der Waals surface area contributed by atoms with E-state index in [1.54, 1.807) is 6.07 Å². The summed E-state index contributed by atoms with van der Waals surface area (Å²) in [5.74, 6) is 0.900. The van der Waals surface area contributed by atoms with Crippen LogP contribution in [0.5, 0.6) is 5.75 Å². The van der Waals surface area contributed by atoms with Crippen molar-refractivity contribution in [2.45, 2.75) is 66.2 Å². The largest absolute Gasteiger partial charge is 0.507 e. The molecule has 232 valence electrons. The number of imidazole rings is 1. The Kier molecular flexibility index (Phi) is 8.68. The van der Waals surface area contributed by atoms with Gasteiger partial charge in [0.25, 0.3) is 0 Å². The maximum Gasteiger partial charge on any atom is 0.148 e. The van der Waals surface area contributed by atoms with E-state index < -0.39 is 0 Å². The van der Waals surface area contributed by atoms with Gasteiger partial charge in [0, 0.05) is 38.6 Å². The van der Waals surface area contributed by atoms with Crippen LogP contribution in [0.4, 0.5) is 0 Å². The molecule has 0 spiro atoms. The van der Waals surface area contributed by atoms with Crippen LogP contribution in [0.2, 0.25) is 0 Å². The normalized spacial score (nSPS) is 11.9. The number of hydrogen-bond donors (Lipinski definition) is 1. The van der Waals surface area contributed by atoms with E-state index in [1.165, 1.54) is 22.3 Å². The van der Waals surface area contributed by atoms with Crippen molar-refractivity contribution in [3.05, 3.63) is 119 Å². The molecular weight excluding hydrogens is 734 g/mol. The van der Waals surface area contributed by atoms with E-state index in [0.29, 0.717) is 11.4 Å². The van der Waals surface area contributed by atoms with Gasteiger partial charge in [0.1, 0.15) is 11.6 Å². The van der Waals surface area contributed by atoms with Crippen LogP contribution < -0.4 is 0 Å². The van der Waals surface area contributed by atoms with Crippen LogP contribution in [0, 0.1) is 19.9 Å². The van der Waals surface area contributed by atoms with Crippen molar-refractivity contribution in [2.75, 3.05) is 0 Å². The maximum absolute atomic E-state index is 11.1. The molecule has 0 atom stereocenters. The van der Waals surface area contributed by atoms with Crippen LogP contribution >= 0.6 is 0 Å². The first-order valence-corrected chi connectivity index (χ1v) is 15.2. The second-order valence-electron chi connectivity index (χ2n) is 13.9. The minimum Gasteiger partial charge on any atom is -0.507 e.